The molecule has 0 saturated carbocycles. The van der Waals surface area contributed by atoms with Gasteiger partial charge in [-0.3, -0.25) is 9.38 Å². The summed E-state index contributed by atoms with van der Waals surface area (Å²) < 4.78 is 12.7. The molecule has 3 heterocycles. The van der Waals surface area contributed by atoms with Crippen LogP contribution in [0, 0.1) is 0 Å². The van der Waals surface area contributed by atoms with Crippen molar-refractivity contribution in [3.63, 3.8) is 0 Å². The number of hydrogen-bond donors (Lipinski definition) is 1. The van der Waals surface area contributed by atoms with Crippen molar-refractivity contribution in [1.29, 1.82) is 0 Å². The lowest BCUT2D eigenvalue weighted by Crippen LogP contribution is -1.98. The number of aromatic nitrogens is 3. The summed E-state index contributed by atoms with van der Waals surface area (Å²) in [4.78, 5) is 8.88. The van der Waals surface area contributed by atoms with Crippen molar-refractivity contribution in [2.24, 2.45) is 0 Å². The molecule has 0 bridgehead atoms. The average molecular weight is 352 g/mol. The second-order valence-electron chi connectivity index (χ2n) is 5.32. The third kappa shape index (κ3) is 2.78. The molecule has 4 rings (SSSR count). The van der Waals surface area contributed by atoms with Crippen LogP contribution in [0.1, 0.15) is 0 Å². The van der Waals surface area contributed by atoms with E-state index in [2.05, 4.69) is 21.7 Å². The van der Waals surface area contributed by atoms with Gasteiger partial charge in [0, 0.05) is 35.1 Å². The molecule has 25 heavy (non-hydrogen) atoms. The van der Waals surface area contributed by atoms with Gasteiger partial charge in [0.2, 0.25) is 0 Å². The monoisotopic (exact) mass is 352 g/mol. The van der Waals surface area contributed by atoms with Crippen LogP contribution in [0.3, 0.4) is 0 Å². The van der Waals surface area contributed by atoms with E-state index in [0.717, 1.165) is 28.4 Å². The van der Waals surface area contributed by atoms with Crippen LogP contribution in [0.5, 0.6) is 11.5 Å². The minimum absolute atomic E-state index is 0.667. The van der Waals surface area contributed by atoms with Gasteiger partial charge < -0.3 is 14.8 Å². The van der Waals surface area contributed by atoms with Gasteiger partial charge in [-0.05, 0) is 23.6 Å². The lowest BCUT2D eigenvalue weighted by atomic mass is 10.2. The van der Waals surface area contributed by atoms with Crippen LogP contribution >= 0.6 is 11.3 Å². The number of nitrogens with one attached hydrogen (secondary N) is 1. The Morgan fingerprint density at radius 3 is 2.76 bits per heavy atom. The summed E-state index contributed by atoms with van der Waals surface area (Å²) >= 11 is 1.64. The quantitative estimate of drug-likeness (QED) is 0.583. The van der Waals surface area contributed by atoms with Gasteiger partial charge in [0.25, 0.3) is 0 Å². The van der Waals surface area contributed by atoms with Gasteiger partial charge in [0.15, 0.2) is 17.1 Å². The molecule has 0 saturated heterocycles. The van der Waals surface area contributed by atoms with Crippen molar-refractivity contribution in [2.45, 2.75) is 0 Å². The molecule has 0 spiro atoms. The Morgan fingerprint density at radius 2 is 2.00 bits per heavy atom. The molecule has 0 amide bonds. The van der Waals surface area contributed by atoms with E-state index in [0.29, 0.717) is 11.5 Å². The largest absolute Gasteiger partial charge is 0.493 e. The minimum Gasteiger partial charge on any atom is -0.493 e. The lowest BCUT2D eigenvalue weighted by molar-refractivity contribution is 0.355. The van der Waals surface area contributed by atoms with E-state index in [1.54, 1.807) is 38.0 Å². The summed E-state index contributed by atoms with van der Waals surface area (Å²) in [7, 11) is 3.25. The number of rotatable bonds is 5. The van der Waals surface area contributed by atoms with E-state index in [4.69, 9.17) is 14.5 Å². The molecule has 0 aliphatic heterocycles. The van der Waals surface area contributed by atoms with Crippen LogP contribution in [0.25, 0.3) is 16.9 Å². The minimum atomic E-state index is 0.667. The molecule has 0 aliphatic carbocycles. The topological polar surface area (TPSA) is 60.7 Å². The summed E-state index contributed by atoms with van der Waals surface area (Å²) in [5, 5.41) is 7.57. The van der Waals surface area contributed by atoms with Gasteiger partial charge in [0.1, 0.15) is 11.5 Å². The predicted octanol–water partition coefficient (Wildman–Crippen LogP) is 4.22. The first-order valence-corrected chi connectivity index (χ1v) is 8.58. The molecule has 0 atom stereocenters. The highest BCUT2D eigenvalue weighted by atomic mass is 32.1. The van der Waals surface area contributed by atoms with Crippen molar-refractivity contribution in [3.8, 4) is 22.8 Å². The van der Waals surface area contributed by atoms with Crippen LogP contribution < -0.4 is 14.8 Å². The highest BCUT2D eigenvalue weighted by molar-refractivity contribution is 7.08. The number of hydrogen-bond acceptors (Lipinski definition) is 6. The standard InChI is InChI=1S/C18H16N4O2S/c1-23-14-4-3-13(9-15(14)24-2)20-18-17(12-5-8-25-11-12)21-16-10-19-6-7-22(16)18/h3-11,20H,1-2H3. The zero-order chi connectivity index (χ0) is 17.2. The number of fused-ring (bicyclic) bond motifs is 1. The average Bonchev–Trinajstić information content (AvgIpc) is 3.30. The van der Waals surface area contributed by atoms with Crippen molar-refractivity contribution < 1.29 is 9.47 Å². The second-order valence-corrected chi connectivity index (χ2v) is 6.10. The Labute approximate surface area is 148 Å². The molecular weight excluding hydrogens is 336 g/mol. The highest BCUT2D eigenvalue weighted by Crippen LogP contribution is 2.35. The predicted molar refractivity (Wildman–Crippen MR) is 99.1 cm³/mol. The molecular formula is C18H16N4O2S. The molecule has 126 valence electrons. The van der Waals surface area contributed by atoms with Gasteiger partial charge in [-0.2, -0.15) is 11.3 Å². The van der Waals surface area contributed by atoms with E-state index in [1.807, 2.05) is 34.2 Å². The molecule has 6 nitrogen and oxygen atoms in total. The highest BCUT2D eigenvalue weighted by Gasteiger charge is 2.15. The Bertz CT molecular complexity index is 1010. The molecule has 1 aromatic carbocycles. The van der Waals surface area contributed by atoms with Crippen LogP contribution in [0.15, 0.2) is 53.6 Å². The van der Waals surface area contributed by atoms with Crippen molar-refractivity contribution >= 4 is 28.5 Å². The van der Waals surface area contributed by atoms with Crippen LogP contribution in [-0.4, -0.2) is 28.6 Å². The molecule has 0 fully saturated rings. The van der Waals surface area contributed by atoms with Crippen LogP contribution in [-0.2, 0) is 0 Å². The number of ether oxygens (including phenoxy) is 2. The molecule has 0 unspecified atom stereocenters. The first-order valence-electron chi connectivity index (χ1n) is 7.64. The first kappa shape index (κ1) is 15.5. The molecule has 7 heteroatoms. The third-order valence-corrected chi connectivity index (χ3v) is 4.55. The normalized spacial score (nSPS) is 10.8. The zero-order valence-corrected chi connectivity index (χ0v) is 14.6. The van der Waals surface area contributed by atoms with Crippen molar-refractivity contribution in [1.82, 2.24) is 14.4 Å². The molecule has 4 aromatic rings. The van der Waals surface area contributed by atoms with E-state index in [9.17, 15) is 0 Å². The maximum Gasteiger partial charge on any atom is 0.162 e. The fourth-order valence-corrected chi connectivity index (χ4v) is 3.32. The van der Waals surface area contributed by atoms with E-state index < -0.39 is 0 Å². The first-order chi connectivity index (χ1) is 12.3. The second kappa shape index (κ2) is 6.45. The van der Waals surface area contributed by atoms with Crippen LogP contribution in [0.4, 0.5) is 11.5 Å². The number of nitrogens with zero attached hydrogens (tertiary/aromatic N) is 3. The number of methoxy groups -OCH3 is 2. The van der Waals surface area contributed by atoms with Gasteiger partial charge in [0.05, 0.1) is 20.4 Å². The van der Waals surface area contributed by atoms with Gasteiger partial charge in [-0.1, -0.05) is 0 Å². The lowest BCUT2D eigenvalue weighted by Gasteiger charge is -2.12. The van der Waals surface area contributed by atoms with Crippen molar-refractivity contribution in [3.05, 3.63) is 53.6 Å². The fraction of sp³-hybridized carbons (Fsp3) is 0.111. The van der Waals surface area contributed by atoms with E-state index >= 15 is 0 Å². The fourth-order valence-electron chi connectivity index (χ4n) is 2.68. The molecule has 1 N–H and O–H groups in total. The van der Waals surface area contributed by atoms with Gasteiger partial charge in [-0.25, -0.2) is 4.98 Å². The Morgan fingerprint density at radius 1 is 1.12 bits per heavy atom. The van der Waals surface area contributed by atoms with Crippen molar-refractivity contribution in [2.75, 3.05) is 19.5 Å². The van der Waals surface area contributed by atoms with Gasteiger partial charge in [-0.15, -0.1) is 0 Å². The molecule has 3 aromatic heterocycles. The SMILES string of the molecule is COc1ccc(Nc2c(-c3ccsc3)nc3cnccn23)cc1OC. The molecule has 0 radical (unpaired) electrons. The Kier molecular flexibility index (Phi) is 3.99. The maximum atomic E-state index is 5.39. The summed E-state index contributed by atoms with van der Waals surface area (Å²) in [5.41, 5.74) is 3.61. The smallest absolute Gasteiger partial charge is 0.162 e. The summed E-state index contributed by atoms with van der Waals surface area (Å²) in [5.74, 6) is 2.23. The maximum absolute atomic E-state index is 5.39. The van der Waals surface area contributed by atoms with Gasteiger partial charge >= 0.3 is 0 Å². The molecule has 0 aliphatic rings. The van der Waals surface area contributed by atoms with E-state index in [1.165, 1.54) is 0 Å². The van der Waals surface area contributed by atoms with Crippen LogP contribution in [0.2, 0.25) is 0 Å². The Hall–Kier alpha value is -3.06. The number of anilines is 2. The number of thiophene rings is 1. The number of imidazole rings is 1. The summed E-state index contributed by atoms with van der Waals surface area (Å²) in [6.45, 7) is 0. The Balaban J connectivity index is 1.82. The zero-order valence-electron chi connectivity index (χ0n) is 13.8. The third-order valence-electron chi connectivity index (χ3n) is 3.87. The summed E-state index contributed by atoms with van der Waals surface area (Å²) in [6.07, 6.45) is 5.38. The van der Waals surface area contributed by atoms with E-state index in [-0.39, 0.29) is 0 Å². The summed E-state index contributed by atoms with van der Waals surface area (Å²) in [6, 6.07) is 7.77. The number of benzene rings is 1.